The van der Waals surface area contributed by atoms with Crippen molar-refractivity contribution in [3.8, 4) is 28.2 Å². The SMILES string of the molecule is CC(=O)N1CCC(n2cc(-c3cnc(N)c4oc(-c5cc(C)c(O)c(C)c5)cc34)cn2)CC1. The quantitative estimate of drug-likeness (QED) is 0.482. The van der Waals surface area contributed by atoms with Crippen LogP contribution in [0.5, 0.6) is 5.75 Å². The molecule has 8 nitrogen and oxygen atoms in total. The standard InChI is InChI=1S/C25H27N5O3/c1-14-8-17(9-15(2)23(14)32)22-10-20-21(12-27-25(26)24(20)33-22)18-11-28-30(13-18)19-4-6-29(7-5-19)16(3)31/h8-13,19,32H,4-7H2,1-3H3,(H2,26,27). The number of nitrogens with two attached hydrogens (primary N) is 1. The molecule has 3 N–H and O–H groups in total. The van der Waals surface area contributed by atoms with Gasteiger partial charge in [0.1, 0.15) is 11.5 Å². The number of anilines is 1. The molecule has 4 heterocycles. The van der Waals surface area contributed by atoms with Crippen molar-refractivity contribution in [2.24, 2.45) is 0 Å². The number of nitrogens with zero attached hydrogens (tertiary/aromatic N) is 4. The van der Waals surface area contributed by atoms with E-state index >= 15 is 0 Å². The summed E-state index contributed by atoms with van der Waals surface area (Å²) in [5, 5.41) is 15.6. The number of carbonyl (C=O) groups excluding carboxylic acids is 1. The Hall–Kier alpha value is -3.81. The Bertz CT molecular complexity index is 1340. The van der Waals surface area contributed by atoms with Crippen molar-refractivity contribution >= 4 is 22.7 Å². The fraction of sp³-hybridized carbons (Fsp3) is 0.320. The lowest BCUT2D eigenvalue weighted by Crippen LogP contribution is -2.37. The number of amides is 1. The first-order valence-corrected chi connectivity index (χ1v) is 11.1. The molecule has 5 rings (SSSR count). The molecule has 0 radical (unpaired) electrons. The Morgan fingerprint density at radius 3 is 2.48 bits per heavy atom. The summed E-state index contributed by atoms with van der Waals surface area (Å²) in [6.07, 6.45) is 7.38. The second kappa shape index (κ2) is 7.95. The van der Waals surface area contributed by atoms with Gasteiger partial charge in [0.05, 0.1) is 12.2 Å². The first kappa shape index (κ1) is 21.1. The Morgan fingerprint density at radius 1 is 1.12 bits per heavy atom. The van der Waals surface area contributed by atoms with E-state index in [4.69, 9.17) is 10.2 Å². The number of phenolic OH excluding ortho intramolecular Hbond substituents is 1. The summed E-state index contributed by atoms with van der Waals surface area (Å²) >= 11 is 0. The average molecular weight is 446 g/mol. The van der Waals surface area contributed by atoms with Gasteiger partial charge in [0.2, 0.25) is 5.91 Å². The van der Waals surface area contributed by atoms with E-state index in [-0.39, 0.29) is 11.9 Å². The lowest BCUT2D eigenvalue weighted by Gasteiger charge is -2.31. The van der Waals surface area contributed by atoms with Crippen LogP contribution in [-0.4, -0.2) is 43.8 Å². The van der Waals surface area contributed by atoms with Crippen LogP contribution in [0.2, 0.25) is 0 Å². The molecule has 0 spiro atoms. The summed E-state index contributed by atoms with van der Waals surface area (Å²) in [4.78, 5) is 17.8. The minimum absolute atomic E-state index is 0.125. The number of phenols is 1. The van der Waals surface area contributed by atoms with Gasteiger partial charge in [-0.15, -0.1) is 0 Å². The number of pyridine rings is 1. The van der Waals surface area contributed by atoms with Crippen molar-refractivity contribution in [3.63, 3.8) is 0 Å². The molecule has 0 saturated carbocycles. The van der Waals surface area contributed by atoms with Gasteiger partial charge in [-0.2, -0.15) is 5.10 Å². The fourth-order valence-electron chi connectivity index (χ4n) is 4.64. The molecular formula is C25H27N5O3. The van der Waals surface area contributed by atoms with Gasteiger partial charge in [0.25, 0.3) is 0 Å². The van der Waals surface area contributed by atoms with Gasteiger partial charge in [-0.3, -0.25) is 9.48 Å². The van der Waals surface area contributed by atoms with E-state index in [2.05, 4.69) is 10.1 Å². The number of fused-ring (bicyclic) bond motifs is 1. The first-order chi connectivity index (χ1) is 15.8. The summed E-state index contributed by atoms with van der Waals surface area (Å²) in [6, 6.07) is 6.02. The zero-order valence-corrected chi connectivity index (χ0v) is 19.0. The third-order valence-corrected chi connectivity index (χ3v) is 6.56. The maximum absolute atomic E-state index is 11.6. The van der Waals surface area contributed by atoms with Crippen LogP contribution in [-0.2, 0) is 4.79 Å². The predicted molar refractivity (Wildman–Crippen MR) is 127 cm³/mol. The van der Waals surface area contributed by atoms with E-state index in [0.29, 0.717) is 22.9 Å². The number of aromatic hydroxyl groups is 1. The molecule has 4 aromatic rings. The molecule has 170 valence electrons. The second-order valence-electron chi connectivity index (χ2n) is 8.82. The van der Waals surface area contributed by atoms with E-state index < -0.39 is 0 Å². The van der Waals surface area contributed by atoms with Crippen LogP contribution in [0.25, 0.3) is 33.4 Å². The molecule has 8 heteroatoms. The van der Waals surface area contributed by atoms with E-state index in [1.165, 1.54) is 0 Å². The van der Waals surface area contributed by atoms with Gasteiger partial charge >= 0.3 is 0 Å². The molecule has 0 aliphatic carbocycles. The van der Waals surface area contributed by atoms with Crippen molar-refractivity contribution in [2.75, 3.05) is 18.8 Å². The molecule has 3 aromatic heterocycles. The molecule has 0 unspecified atom stereocenters. The molecule has 1 aliphatic rings. The number of hydrogen-bond acceptors (Lipinski definition) is 6. The third-order valence-electron chi connectivity index (χ3n) is 6.56. The Labute approximate surface area is 191 Å². The van der Waals surface area contributed by atoms with Crippen molar-refractivity contribution in [2.45, 2.75) is 39.7 Å². The maximum atomic E-state index is 11.6. The van der Waals surface area contributed by atoms with E-state index in [9.17, 15) is 9.90 Å². The molecule has 1 amide bonds. The Balaban J connectivity index is 1.50. The first-order valence-electron chi connectivity index (χ1n) is 11.1. The zero-order chi connectivity index (χ0) is 23.3. The monoisotopic (exact) mass is 445 g/mol. The maximum Gasteiger partial charge on any atom is 0.219 e. The van der Waals surface area contributed by atoms with Crippen LogP contribution in [0.1, 0.15) is 36.9 Å². The summed E-state index contributed by atoms with van der Waals surface area (Å²) in [5.41, 5.74) is 11.0. The summed E-state index contributed by atoms with van der Waals surface area (Å²) in [7, 11) is 0. The van der Waals surface area contributed by atoms with Crippen LogP contribution in [0.15, 0.2) is 41.2 Å². The second-order valence-corrected chi connectivity index (χ2v) is 8.82. The third kappa shape index (κ3) is 3.71. The van der Waals surface area contributed by atoms with Gasteiger partial charge in [0, 0.05) is 54.5 Å². The summed E-state index contributed by atoms with van der Waals surface area (Å²) in [6.45, 7) is 6.85. The normalized spacial score (nSPS) is 14.8. The summed E-state index contributed by atoms with van der Waals surface area (Å²) < 4.78 is 8.11. The molecule has 1 aromatic carbocycles. The predicted octanol–water partition coefficient (Wildman–Crippen LogP) is 4.45. The highest BCUT2D eigenvalue weighted by molar-refractivity contribution is 6.00. The van der Waals surface area contributed by atoms with Crippen molar-refractivity contribution in [3.05, 3.63) is 47.9 Å². The van der Waals surface area contributed by atoms with Gasteiger partial charge in [0.15, 0.2) is 11.4 Å². The van der Waals surface area contributed by atoms with Crippen LogP contribution >= 0.6 is 0 Å². The number of furan rings is 1. The number of benzene rings is 1. The highest BCUT2D eigenvalue weighted by Crippen LogP contribution is 2.38. The number of rotatable bonds is 3. The number of aryl methyl sites for hydroxylation is 2. The fourth-order valence-corrected chi connectivity index (χ4v) is 4.64. The molecule has 1 saturated heterocycles. The molecular weight excluding hydrogens is 418 g/mol. The topological polar surface area (TPSA) is 110 Å². The van der Waals surface area contributed by atoms with Crippen LogP contribution in [0.3, 0.4) is 0 Å². The van der Waals surface area contributed by atoms with Gasteiger partial charge in [-0.05, 0) is 56.0 Å². The van der Waals surface area contributed by atoms with Crippen LogP contribution < -0.4 is 5.73 Å². The Kier molecular flexibility index (Phi) is 5.08. The smallest absolute Gasteiger partial charge is 0.219 e. The van der Waals surface area contributed by atoms with Gasteiger partial charge in [-0.1, -0.05) is 0 Å². The molecule has 0 atom stereocenters. The lowest BCUT2D eigenvalue weighted by molar-refractivity contribution is -0.130. The van der Waals surface area contributed by atoms with Gasteiger partial charge < -0.3 is 20.2 Å². The van der Waals surface area contributed by atoms with Crippen molar-refractivity contribution < 1.29 is 14.3 Å². The van der Waals surface area contributed by atoms with Crippen LogP contribution in [0.4, 0.5) is 5.82 Å². The lowest BCUT2D eigenvalue weighted by atomic mass is 10.0. The number of hydrogen-bond donors (Lipinski definition) is 2. The molecule has 1 fully saturated rings. The largest absolute Gasteiger partial charge is 0.507 e. The van der Waals surface area contributed by atoms with Crippen LogP contribution in [0, 0.1) is 13.8 Å². The van der Waals surface area contributed by atoms with Gasteiger partial charge in [-0.25, -0.2) is 4.98 Å². The minimum Gasteiger partial charge on any atom is -0.507 e. The van der Waals surface area contributed by atoms with E-state index in [1.54, 1.807) is 13.1 Å². The highest BCUT2D eigenvalue weighted by Gasteiger charge is 2.23. The number of nitrogen functional groups attached to an aromatic ring is 1. The zero-order valence-electron chi connectivity index (χ0n) is 19.0. The molecule has 1 aliphatic heterocycles. The summed E-state index contributed by atoms with van der Waals surface area (Å²) in [5.74, 6) is 1.41. The van der Waals surface area contributed by atoms with Crippen molar-refractivity contribution in [1.82, 2.24) is 19.7 Å². The number of aromatic nitrogens is 3. The van der Waals surface area contributed by atoms with Crippen molar-refractivity contribution in [1.29, 1.82) is 0 Å². The van der Waals surface area contributed by atoms with E-state index in [0.717, 1.165) is 59.1 Å². The Morgan fingerprint density at radius 2 is 1.82 bits per heavy atom. The number of carbonyl (C=O) groups is 1. The minimum atomic E-state index is 0.125. The average Bonchev–Trinajstić information content (AvgIpc) is 3.46. The molecule has 0 bridgehead atoms. The number of piperidine rings is 1. The highest BCUT2D eigenvalue weighted by atomic mass is 16.3. The van der Waals surface area contributed by atoms with E-state index in [1.807, 2.05) is 54.0 Å². The number of likely N-dealkylation sites (tertiary alicyclic amines) is 1. The molecule has 33 heavy (non-hydrogen) atoms.